The third-order valence-corrected chi connectivity index (χ3v) is 0.695. The van der Waals surface area contributed by atoms with E-state index >= 15 is 0 Å². The number of hydrogen-bond acceptors (Lipinski definition) is 3. The van der Waals surface area contributed by atoms with Crippen LogP contribution in [0.5, 0.6) is 0 Å². The van der Waals surface area contributed by atoms with Crippen molar-refractivity contribution in [3.05, 3.63) is 0 Å². The highest BCUT2D eigenvalue weighted by molar-refractivity contribution is 4.54. The summed E-state index contributed by atoms with van der Waals surface area (Å²) in [5.41, 5.74) is -0.255. The van der Waals surface area contributed by atoms with Gasteiger partial charge in [0.15, 0.2) is 0 Å². The van der Waals surface area contributed by atoms with Gasteiger partial charge in [0, 0.05) is 6.61 Å². The molecule has 0 atom stereocenters. The Morgan fingerprint density at radius 3 is 2.30 bits per heavy atom. The van der Waals surface area contributed by atoms with Crippen LogP contribution in [0.3, 0.4) is 0 Å². The zero-order chi connectivity index (χ0) is 8.04. The SMILES string of the molecule is CC(C)(C)OOCCCO. The van der Waals surface area contributed by atoms with Gasteiger partial charge >= 0.3 is 0 Å². The molecule has 0 aromatic carbocycles. The van der Waals surface area contributed by atoms with Gasteiger partial charge in [-0.05, 0) is 27.2 Å². The lowest BCUT2D eigenvalue weighted by atomic mass is 10.2. The topological polar surface area (TPSA) is 38.7 Å². The summed E-state index contributed by atoms with van der Waals surface area (Å²) in [6.45, 7) is 6.32. The summed E-state index contributed by atoms with van der Waals surface area (Å²) < 4.78 is 0. The van der Waals surface area contributed by atoms with E-state index in [4.69, 9.17) is 14.9 Å². The smallest absolute Gasteiger partial charge is 0.0952 e. The van der Waals surface area contributed by atoms with Crippen LogP contribution in [0.25, 0.3) is 0 Å². The highest BCUT2D eigenvalue weighted by Gasteiger charge is 2.10. The van der Waals surface area contributed by atoms with Gasteiger partial charge in [0.2, 0.25) is 0 Å². The van der Waals surface area contributed by atoms with E-state index in [0.717, 1.165) is 0 Å². The number of aliphatic hydroxyl groups excluding tert-OH is 1. The molecule has 0 spiro atoms. The van der Waals surface area contributed by atoms with Crippen molar-refractivity contribution < 1.29 is 14.9 Å². The van der Waals surface area contributed by atoms with Crippen LogP contribution < -0.4 is 0 Å². The van der Waals surface area contributed by atoms with Crippen molar-refractivity contribution >= 4 is 0 Å². The van der Waals surface area contributed by atoms with Gasteiger partial charge in [0.25, 0.3) is 0 Å². The minimum absolute atomic E-state index is 0.146. The second-order valence-corrected chi connectivity index (χ2v) is 3.09. The monoisotopic (exact) mass is 148 g/mol. The summed E-state index contributed by atoms with van der Waals surface area (Å²) in [5.74, 6) is 0. The second kappa shape index (κ2) is 4.66. The molecular weight excluding hydrogens is 132 g/mol. The van der Waals surface area contributed by atoms with Crippen molar-refractivity contribution in [1.29, 1.82) is 0 Å². The van der Waals surface area contributed by atoms with Gasteiger partial charge in [0.1, 0.15) is 0 Å². The Hall–Kier alpha value is -0.120. The van der Waals surface area contributed by atoms with E-state index in [9.17, 15) is 0 Å². The van der Waals surface area contributed by atoms with E-state index in [0.29, 0.717) is 13.0 Å². The predicted molar refractivity (Wildman–Crippen MR) is 38.5 cm³/mol. The van der Waals surface area contributed by atoms with E-state index in [-0.39, 0.29) is 12.2 Å². The summed E-state index contributed by atoms with van der Waals surface area (Å²) in [6.07, 6.45) is 0.621. The molecule has 0 heterocycles. The van der Waals surface area contributed by atoms with Crippen LogP contribution in [-0.2, 0) is 9.78 Å². The molecule has 0 aliphatic heterocycles. The van der Waals surface area contributed by atoms with Crippen LogP contribution >= 0.6 is 0 Å². The molecule has 0 saturated heterocycles. The molecule has 0 aliphatic carbocycles. The molecule has 0 fully saturated rings. The fourth-order valence-electron chi connectivity index (χ4n) is 0.342. The maximum Gasteiger partial charge on any atom is 0.0952 e. The minimum Gasteiger partial charge on any atom is -0.396 e. The van der Waals surface area contributed by atoms with Crippen LogP contribution in [0.4, 0.5) is 0 Å². The third kappa shape index (κ3) is 7.88. The zero-order valence-corrected chi connectivity index (χ0v) is 6.89. The van der Waals surface area contributed by atoms with E-state index in [1.807, 2.05) is 20.8 Å². The molecule has 0 unspecified atom stereocenters. The Morgan fingerprint density at radius 1 is 1.30 bits per heavy atom. The molecule has 1 N–H and O–H groups in total. The highest BCUT2D eigenvalue weighted by Crippen LogP contribution is 2.06. The summed E-state index contributed by atoms with van der Waals surface area (Å²) in [6, 6.07) is 0. The largest absolute Gasteiger partial charge is 0.396 e. The first-order valence-corrected chi connectivity index (χ1v) is 3.48. The predicted octanol–water partition coefficient (Wildman–Crippen LogP) is 1.12. The van der Waals surface area contributed by atoms with Gasteiger partial charge in [-0.15, -0.1) is 0 Å². The normalized spacial score (nSPS) is 12.0. The second-order valence-electron chi connectivity index (χ2n) is 3.09. The van der Waals surface area contributed by atoms with Gasteiger partial charge in [-0.2, -0.15) is 0 Å². The molecule has 3 nitrogen and oxygen atoms in total. The van der Waals surface area contributed by atoms with Gasteiger partial charge < -0.3 is 5.11 Å². The molecule has 0 aromatic rings. The Bertz CT molecular complexity index is 75.4. The van der Waals surface area contributed by atoms with Crippen molar-refractivity contribution in [1.82, 2.24) is 0 Å². The maximum atomic E-state index is 8.36. The molecule has 62 valence electrons. The van der Waals surface area contributed by atoms with E-state index in [1.165, 1.54) is 0 Å². The molecule has 10 heavy (non-hydrogen) atoms. The summed E-state index contributed by atoms with van der Waals surface area (Å²) >= 11 is 0. The van der Waals surface area contributed by atoms with E-state index in [2.05, 4.69) is 0 Å². The van der Waals surface area contributed by atoms with Crippen molar-refractivity contribution in [2.75, 3.05) is 13.2 Å². The molecule has 3 heteroatoms. The molecule has 0 aliphatic rings. The standard InChI is InChI=1S/C7H16O3/c1-7(2,3)10-9-6-4-5-8/h8H,4-6H2,1-3H3. The lowest BCUT2D eigenvalue weighted by Gasteiger charge is -2.16. The van der Waals surface area contributed by atoms with Gasteiger partial charge in [-0.1, -0.05) is 0 Å². The lowest BCUT2D eigenvalue weighted by molar-refractivity contribution is -0.349. The van der Waals surface area contributed by atoms with Crippen molar-refractivity contribution in [3.8, 4) is 0 Å². The Labute approximate surface area is 61.9 Å². The molecular formula is C7H16O3. The minimum atomic E-state index is -0.255. The first-order chi connectivity index (χ1) is 4.56. The fraction of sp³-hybridized carbons (Fsp3) is 1.00. The van der Waals surface area contributed by atoms with Crippen molar-refractivity contribution in [2.45, 2.75) is 32.8 Å². The molecule has 0 bridgehead atoms. The third-order valence-electron chi connectivity index (χ3n) is 0.695. The van der Waals surface area contributed by atoms with Crippen LogP contribution in [0, 0.1) is 0 Å². The highest BCUT2D eigenvalue weighted by atomic mass is 17.2. The average molecular weight is 148 g/mol. The van der Waals surface area contributed by atoms with E-state index in [1.54, 1.807) is 0 Å². The summed E-state index contributed by atoms with van der Waals surface area (Å²) in [4.78, 5) is 9.70. The van der Waals surface area contributed by atoms with Gasteiger partial charge in [-0.3, -0.25) is 0 Å². The Morgan fingerprint density at radius 2 is 1.90 bits per heavy atom. The van der Waals surface area contributed by atoms with Gasteiger partial charge in [-0.25, -0.2) is 9.78 Å². The van der Waals surface area contributed by atoms with Crippen molar-refractivity contribution in [3.63, 3.8) is 0 Å². The zero-order valence-electron chi connectivity index (χ0n) is 6.89. The molecule has 0 rings (SSSR count). The van der Waals surface area contributed by atoms with Crippen molar-refractivity contribution in [2.24, 2.45) is 0 Å². The Balaban J connectivity index is 3.04. The first-order valence-electron chi connectivity index (χ1n) is 3.48. The number of hydrogen-bond donors (Lipinski definition) is 1. The van der Waals surface area contributed by atoms with Crippen LogP contribution in [0.15, 0.2) is 0 Å². The molecule has 0 aromatic heterocycles. The van der Waals surface area contributed by atoms with Crippen LogP contribution in [-0.4, -0.2) is 23.9 Å². The number of rotatable bonds is 4. The summed E-state index contributed by atoms with van der Waals surface area (Å²) in [5, 5.41) is 8.36. The Kier molecular flexibility index (Phi) is 4.60. The van der Waals surface area contributed by atoms with Crippen LogP contribution in [0.1, 0.15) is 27.2 Å². The number of aliphatic hydroxyl groups is 1. The average Bonchev–Trinajstić information content (AvgIpc) is 1.78. The fourth-order valence-corrected chi connectivity index (χ4v) is 0.342. The van der Waals surface area contributed by atoms with E-state index < -0.39 is 0 Å². The summed E-state index contributed by atoms with van der Waals surface area (Å²) in [7, 11) is 0. The van der Waals surface area contributed by atoms with Crippen LogP contribution in [0.2, 0.25) is 0 Å². The molecule has 0 amide bonds. The first kappa shape index (κ1) is 9.88. The maximum absolute atomic E-state index is 8.36. The van der Waals surface area contributed by atoms with Gasteiger partial charge in [0.05, 0.1) is 12.2 Å². The molecule has 0 radical (unpaired) electrons. The molecule has 0 saturated carbocycles. The quantitative estimate of drug-likeness (QED) is 0.369. The lowest BCUT2D eigenvalue weighted by Crippen LogP contribution is -2.19.